The summed E-state index contributed by atoms with van der Waals surface area (Å²) in [5.74, 6) is -1.60. The van der Waals surface area contributed by atoms with Crippen molar-refractivity contribution in [1.82, 2.24) is 0 Å². The highest BCUT2D eigenvalue weighted by molar-refractivity contribution is 6.16. The van der Waals surface area contributed by atoms with Crippen LogP contribution in [-0.2, 0) is 0 Å². The number of fused-ring (bicyclic) bond motifs is 1. The highest BCUT2D eigenvalue weighted by Gasteiger charge is 2.33. The number of ketones is 1. The lowest BCUT2D eigenvalue weighted by Gasteiger charge is -2.05. The van der Waals surface area contributed by atoms with Crippen LogP contribution in [0.25, 0.3) is 6.08 Å². The molecule has 0 radical (unpaired) electrons. The van der Waals surface area contributed by atoms with E-state index in [9.17, 15) is 25.2 Å². The number of benzene rings is 2. The average Bonchev–Trinajstić information content (AvgIpc) is 2.78. The molecule has 2 aromatic carbocycles. The van der Waals surface area contributed by atoms with Crippen LogP contribution in [-0.4, -0.2) is 26.2 Å². The summed E-state index contributed by atoms with van der Waals surface area (Å²) < 4.78 is 5.43. The predicted octanol–water partition coefficient (Wildman–Crippen LogP) is 2.43. The summed E-state index contributed by atoms with van der Waals surface area (Å²) in [7, 11) is 0. The first kappa shape index (κ1) is 13.8. The van der Waals surface area contributed by atoms with Crippen LogP contribution in [0.5, 0.6) is 28.7 Å². The molecule has 0 amide bonds. The number of phenolic OH excluding ortho intramolecular Hbond substituents is 4. The van der Waals surface area contributed by atoms with E-state index < -0.39 is 5.78 Å². The van der Waals surface area contributed by atoms with E-state index >= 15 is 0 Å². The number of aromatic hydroxyl groups is 4. The Labute approximate surface area is 125 Å². The topological polar surface area (TPSA) is 107 Å². The molecule has 22 heavy (non-hydrogen) atoms. The molecule has 4 N–H and O–H groups in total. The van der Waals surface area contributed by atoms with Crippen molar-refractivity contribution < 1.29 is 30.0 Å². The Kier molecular flexibility index (Phi) is 2.95. The molecule has 0 aromatic heterocycles. The van der Waals surface area contributed by atoms with Crippen LogP contribution in [0.4, 0.5) is 0 Å². The van der Waals surface area contributed by atoms with Gasteiger partial charge in [-0.1, -0.05) is 6.07 Å². The van der Waals surface area contributed by atoms with Gasteiger partial charge in [-0.2, -0.15) is 0 Å². The van der Waals surface area contributed by atoms with Crippen LogP contribution >= 0.6 is 0 Å². The van der Waals surface area contributed by atoms with Crippen LogP contribution in [0.2, 0.25) is 0 Å². The predicted molar refractivity (Wildman–Crippen MR) is 77.2 cm³/mol. The van der Waals surface area contributed by atoms with Gasteiger partial charge in [0.1, 0.15) is 22.8 Å². The largest absolute Gasteiger partial charge is 0.507 e. The van der Waals surface area contributed by atoms with Crippen molar-refractivity contribution in [2.24, 2.45) is 0 Å². The highest BCUT2D eigenvalue weighted by Crippen LogP contribution is 2.44. The number of allylic oxidation sites excluding steroid dienone is 1. The SMILES string of the molecule is Cc1c(O)cc(O)c2c1O/C(=C/c1ccc(O)c(O)c1)C2=O. The standard InChI is InChI=1S/C16H12O6/c1-7-10(18)6-12(20)14-15(21)13(22-16(7)14)5-8-2-3-9(17)11(19)4-8/h2-6,17-20H,1H3/b13-5+. The van der Waals surface area contributed by atoms with Crippen molar-refractivity contribution in [1.29, 1.82) is 0 Å². The normalized spacial score (nSPS) is 15.0. The molecule has 6 nitrogen and oxygen atoms in total. The van der Waals surface area contributed by atoms with Gasteiger partial charge in [-0.15, -0.1) is 0 Å². The molecule has 1 heterocycles. The van der Waals surface area contributed by atoms with Gasteiger partial charge >= 0.3 is 0 Å². The molecule has 0 bridgehead atoms. The minimum Gasteiger partial charge on any atom is -0.507 e. The first-order valence-electron chi connectivity index (χ1n) is 6.40. The number of Topliss-reactive ketones (excluding diaryl/α,β-unsaturated/α-hetero) is 1. The van der Waals surface area contributed by atoms with Crippen LogP contribution in [0, 0.1) is 6.92 Å². The van der Waals surface area contributed by atoms with Gasteiger partial charge in [0.15, 0.2) is 17.3 Å². The van der Waals surface area contributed by atoms with Gasteiger partial charge in [0.05, 0.1) is 0 Å². The monoisotopic (exact) mass is 300 g/mol. The fraction of sp³-hybridized carbons (Fsp3) is 0.0625. The number of carbonyl (C=O) groups is 1. The van der Waals surface area contributed by atoms with Crippen LogP contribution in [0.15, 0.2) is 30.0 Å². The zero-order chi connectivity index (χ0) is 16.0. The van der Waals surface area contributed by atoms with Crippen molar-refractivity contribution >= 4 is 11.9 Å². The maximum atomic E-state index is 12.3. The highest BCUT2D eigenvalue weighted by atomic mass is 16.5. The zero-order valence-corrected chi connectivity index (χ0v) is 11.5. The van der Waals surface area contributed by atoms with E-state index in [0.29, 0.717) is 11.1 Å². The Bertz CT molecular complexity index is 835. The van der Waals surface area contributed by atoms with Gasteiger partial charge in [0, 0.05) is 11.6 Å². The minimum atomic E-state index is -0.525. The van der Waals surface area contributed by atoms with E-state index in [0.717, 1.165) is 6.07 Å². The Hall–Kier alpha value is -3.15. The molecule has 112 valence electrons. The summed E-state index contributed by atoms with van der Waals surface area (Å²) in [6.45, 7) is 1.57. The third kappa shape index (κ3) is 2.01. The number of rotatable bonds is 1. The molecular formula is C16H12O6. The van der Waals surface area contributed by atoms with Crippen LogP contribution in [0.3, 0.4) is 0 Å². The second kappa shape index (κ2) is 4.70. The molecule has 2 aromatic rings. The molecule has 0 spiro atoms. The molecular weight excluding hydrogens is 288 g/mol. The summed E-state index contributed by atoms with van der Waals surface area (Å²) in [5.41, 5.74) is 0.774. The fourth-order valence-electron chi connectivity index (χ4n) is 2.23. The smallest absolute Gasteiger partial charge is 0.235 e. The quantitative estimate of drug-likeness (QED) is 0.476. The lowest BCUT2D eigenvalue weighted by atomic mass is 10.0. The lowest BCUT2D eigenvalue weighted by Crippen LogP contribution is -1.98. The number of ether oxygens (including phenoxy) is 1. The minimum absolute atomic E-state index is 0.00968. The van der Waals surface area contributed by atoms with Gasteiger partial charge in [-0.05, 0) is 30.7 Å². The van der Waals surface area contributed by atoms with Crippen molar-refractivity contribution in [2.45, 2.75) is 6.92 Å². The van der Waals surface area contributed by atoms with Gasteiger partial charge < -0.3 is 25.2 Å². The molecule has 0 aliphatic carbocycles. The number of carbonyl (C=O) groups excluding carboxylic acids is 1. The van der Waals surface area contributed by atoms with Gasteiger partial charge in [-0.25, -0.2) is 0 Å². The molecule has 6 heteroatoms. The van der Waals surface area contributed by atoms with Crippen molar-refractivity contribution in [3.63, 3.8) is 0 Å². The first-order valence-corrected chi connectivity index (χ1v) is 6.40. The average molecular weight is 300 g/mol. The molecule has 1 aliphatic rings. The molecule has 0 saturated heterocycles. The molecule has 0 saturated carbocycles. The summed E-state index contributed by atoms with van der Waals surface area (Å²) in [5, 5.41) is 38.2. The molecule has 3 rings (SSSR count). The van der Waals surface area contributed by atoms with E-state index in [1.165, 1.54) is 24.3 Å². The van der Waals surface area contributed by atoms with Crippen molar-refractivity contribution in [3.05, 3.63) is 46.7 Å². The van der Waals surface area contributed by atoms with Gasteiger partial charge in [0.2, 0.25) is 5.78 Å². The maximum absolute atomic E-state index is 12.3. The summed E-state index contributed by atoms with van der Waals surface area (Å²) in [6, 6.07) is 5.13. The Morgan fingerprint density at radius 3 is 2.36 bits per heavy atom. The summed E-state index contributed by atoms with van der Waals surface area (Å²) in [6.07, 6.45) is 1.37. The number of phenols is 4. The molecule has 0 atom stereocenters. The maximum Gasteiger partial charge on any atom is 0.235 e. The fourth-order valence-corrected chi connectivity index (χ4v) is 2.23. The number of hydrogen-bond acceptors (Lipinski definition) is 6. The van der Waals surface area contributed by atoms with Crippen LogP contribution in [0.1, 0.15) is 21.5 Å². The molecule has 0 fully saturated rings. The Balaban J connectivity index is 2.07. The zero-order valence-electron chi connectivity index (χ0n) is 11.5. The van der Waals surface area contributed by atoms with Crippen LogP contribution < -0.4 is 4.74 Å². The van der Waals surface area contributed by atoms with Gasteiger partial charge in [-0.3, -0.25) is 4.79 Å². The Morgan fingerprint density at radius 2 is 1.68 bits per heavy atom. The number of hydrogen-bond donors (Lipinski definition) is 4. The third-order valence-electron chi connectivity index (χ3n) is 3.44. The lowest BCUT2D eigenvalue weighted by molar-refractivity contribution is 0.101. The summed E-state index contributed by atoms with van der Waals surface area (Å²) >= 11 is 0. The molecule has 0 unspecified atom stereocenters. The molecule has 1 aliphatic heterocycles. The first-order chi connectivity index (χ1) is 10.4. The van der Waals surface area contributed by atoms with E-state index in [-0.39, 0.29) is 40.1 Å². The van der Waals surface area contributed by atoms with E-state index in [2.05, 4.69) is 0 Å². The third-order valence-corrected chi connectivity index (χ3v) is 3.44. The summed E-state index contributed by atoms with van der Waals surface area (Å²) in [4.78, 5) is 12.3. The van der Waals surface area contributed by atoms with E-state index in [1.54, 1.807) is 6.92 Å². The van der Waals surface area contributed by atoms with E-state index in [1.807, 2.05) is 0 Å². The van der Waals surface area contributed by atoms with Gasteiger partial charge in [0.25, 0.3) is 0 Å². The van der Waals surface area contributed by atoms with E-state index in [4.69, 9.17) is 4.74 Å². The van der Waals surface area contributed by atoms with Crippen molar-refractivity contribution in [2.75, 3.05) is 0 Å². The Morgan fingerprint density at radius 1 is 0.955 bits per heavy atom. The second-order valence-corrected chi connectivity index (χ2v) is 4.93. The second-order valence-electron chi connectivity index (χ2n) is 4.93. The van der Waals surface area contributed by atoms with Crippen molar-refractivity contribution in [3.8, 4) is 28.7 Å².